The lowest BCUT2D eigenvalue weighted by Crippen LogP contribution is -2.44. The van der Waals surface area contributed by atoms with Crippen LogP contribution in [0, 0.1) is 11.3 Å². The SMILES string of the molecule is C[C@H]1C[C@H](OC[C@H](O)CN2CCCC[C@@H]2C)CC(C)(C)C1. The predicted octanol–water partition coefficient (Wildman–Crippen LogP) is 3.45. The molecule has 3 heteroatoms. The molecule has 21 heavy (non-hydrogen) atoms. The molecule has 0 aromatic carbocycles. The second kappa shape index (κ2) is 7.43. The molecule has 1 N–H and O–H groups in total. The number of β-amino-alcohol motifs (C(OH)–C–C–N with tert-alkyl or cyclic N) is 1. The van der Waals surface area contributed by atoms with E-state index in [2.05, 4.69) is 32.6 Å². The van der Waals surface area contributed by atoms with Gasteiger partial charge in [-0.15, -0.1) is 0 Å². The first-order chi connectivity index (χ1) is 9.85. The molecule has 1 saturated heterocycles. The highest BCUT2D eigenvalue weighted by atomic mass is 16.5. The summed E-state index contributed by atoms with van der Waals surface area (Å²) in [4.78, 5) is 2.42. The summed E-state index contributed by atoms with van der Waals surface area (Å²) < 4.78 is 6.05. The van der Waals surface area contributed by atoms with Crippen molar-refractivity contribution in [2.24, 2.45) is 11.3 Å². The Morgan fingerprint density at radius 3 is 2.67 bits per heavy atom. The Morgan fingerprint density at radius 2 is 2.00 bits per heavy atom. The van der Waals surface area contributed by atoms with Gasteiger partial charge in [-0.3, -0.25) is 4.90 Å². The first-order valence-electron chi connectivity index (χ1n) is 8.89. The maximum absolute atomic E-state index is 10.3. The first-order valence-corrected chi connectivity index (χ1v) is 8.89. The van der Waals surface area contributed by atoms with Crippen LogP contribution in [0.1, 0.15) is 66.2 Å². The number of hydrogen-bond acceptors (Lipinski definition) is 3. The minimum absolute atomic E-state index is 0.331. The molecular weight excluding hydrogens is 262 g/mol. The second-order valence-corrected chi connectivity index (χ2v) is 8.36. The molecule has 0 unspecified atom stereocenters. The summed E-state index contributed by atoms with van der Waals surface area (Å²) >= 11 is 0. The van der Waals surface area contributed by atoms with Gasteiger partial charge in [0.25, 0.3) is 0 Å². The molecule has 124 valence electrons. The van der Waals surface area contributed by atoms with Crippen LogP contribution in [-0.2, 0) is 4.74 Å². The summed E-state index contributed by atoms with van der Waals surface area (Å²) in [5, 5.41) is 10.3. The fraction of sp³-hybridized carbons (Fsp3) is 1.00. The molecule has 1 aliphatic carbocycles. The van der Waals surface area contributed by atoms with Crippen molar-refractivity contribution < 1.29 is 9.84 Å². The van der Waals surface area contributed by atoms with E-state index >= 15 is 0 Å². The maximum Gasteiger partial charge on any atom is 0.0900 e. The van der Waals surface area contributed by atoms with Gasteiger partial charge < -0.3 is 9.84 Å². The van der Waals surface area contributed by atoms with E-state index in [0.717, 1.165) is 31.8 Å². The van der Waals surface area contributed by atoms with Gasteiger partial charge in [0, 0.05) is 12.6 Å². The molecule has 0 aromatic rings. The minimum Gasteiger partial charge on any atom is -0.389 e. The van der Waals surface area contributed by atoms with Crippen molar-refractivity contribution in [3.63, 3.8) is 0 Å². The van der Waals surface area contributed by atoms with Gasteiger partial charge in [0.1, 0.15) is 0 Å². The summed E-state index contributed by atoms with van der Waals surface area (Å²) in [5.41, 5.74) is 0.384. The zero-order valence-corrected chi connectivity index (χ0v) is 14.5. The van der Waals surface area contributed by atoms with Crippen molar-refractivity contribution in [3.05, 3.63) is 0 Å². The molecule has 0 spiro atoms. The molecular formula is C18H35NO2. The molecule has 1 aliphatic heterocycles. The molecule has 2 fully saturated rings. The van der Waals surface area contributed by atoms with E-state index < -0.39 is 0 Å². The number of ether oxygens (including phenoxy) is 1. The second-order valence-electron chi connectivity index (χ2n) is 8.36. The lowest BCUT2D eigenvalue weighted by molar-refractivity contribution is -0.0645. The molecule has 0 bridgehead atoms. The zero-order valence-electron chi connectivity index (χ0n) is 14.5. The Hall–Kier alpha value is -0.120. The molecule has 0 aromatic heterocycles. The van der Waals surface area contributed by atoms with E-state index in [9.17, 15) is 5.11 Å². The van der Waals surface area contributed by atoms with Crippen molar-refractivity contribution in [2.75, 3.05) is 19.7 Å². The summed E-state index contributed by atoms with van der Waals surface area (Å²) in [6.07, 6.45) is 7.43. The average Bonchev–Trinajstić information content (AvgIpc) is 2.37. The van der Waals surface area contributed by atoms with Gasteiger partial charge in [0.05, 0.1) is 18.8 Å². The number of piperidine rings is 1. The number of nitrogens with zero attached hydrogens (tertiary/aromatic N) is 1. The topological polar surface area (TPSA) is 32.7 Å². The largest absolute Gasteiger partial charge is 0.389 e. The molecule has 1 heterocycles. The third-order valence-electron chi connectivity index (χ3n) is 5.26. The monoisotopic (exact) mass is 297 g/mol. The lowest BCUT2D eigenvalue weighted by Gasteiger charge is -2.39. The van der Waals surface area contributed by atoms with Crippen molar-refractivity contribution in [3.8, 4) is 0 Å². The van der Waals surface area contributed by atoms with Gasteiger partial charge in [-0.25, -0.2) is 0 Å². The normalized spacial score (nSPS) is 35.6. The van der Waals surface area contributed by atoms with Crippen LogP contribution in [0.15, 0.2) is 0 Å². The van der Waals surface area contributed by atoms with Gasteiger partial charge in [0.15, 0.2) is 0 Å². The smallest absolute Gasteiger partial charge is 0.0900 e. The Labute approximate surface area is 131 Å². The van der Waals surface area contributed by atoms with E-state index in [-0.39, 0.29) is 6.10 Å². The van der Waals surface area contributed by atoms with E-state index in [1.54, 1.807) is 0 Å². The predicted molar refractivity (Wildman–Crippen MR) is 87.4 cm³/mol. The van der Waals surface area contributed by atoms with Crippen LogP contribution in [0.4, 0.5) is 0 Å². The third-order valence-corrected chi connectivity index (χ3v) is 5.26. The number of rotatable bonds is 5. The maximum atomic E-state index is 10.3. The van der Waals surface area contributed by atoms with Gasteiger partial charge >= 0.3 is 0 Å². The third kappa shape index (κ3) is 5.54. The van der Waals surface area contributed by atoms with Gasteiger partial charge in [0.2, 0.25) is 0 Å². The molecule has 2 aliphatic rings. The van der Waals surface area contributed by atoms with Crippen LogP contribution < -0.4 is 0 Å². The van der Waals surface area contributed by atoms with Crippen molar-refractivity contribution in [2.45, 2.75) is 84.5 Å². The van der Waals surface area contributed by atoms with Crippen LogP contribution in [0.5, 0.6) is 0 Å². The summed E-state index contributed by atoms with van der Waals surface area (Å²) in [5.74, 6) is 0.734. The van der Waals surface area contributed by atoms with E-state index in [1.807, 2.05) is 0 Å². The van der Waals surface area contributed by atoms with Gasteiger partial charge in [-0.2, -0.15) is 0 Å². The number of likely N-dealkylation sites (tertiary alicyclic amines) is 1. The Kier molecular flexibility index (Phi) is 6.10. The molecule has 4 atom stereocenters. The van der Waals surface area contributed by atoms with Gasteiger partial charge in [-0.05, 0) is 56.9 Å². The lowest BCUT2D eigenvalue weighted by atomic mass is 9.71. The van der Waals surface area contributed by atoms with Gasteiger partial charge in [-0.1, -0.05) is 27.2 Å². The standard InChI is InChI=1S/C18H35NO2/c1-14-9-17(11-18(3,4)10-14)21-13-16(20)12-19-8-6-5-7-15(19)2/h14-17,20H,5-13H2,1-4H3/t14-,15-,16+,17-/m0/s1. The summed E-state index contributed by atoms with van der Waals surface area (Å²) in [6.45, 7) is 11.7. The Bertz CT molecular complexity index is 318. The van der Waals surface area contributed by atoms with E-state index in [0.29, 0.717) is 24.2 Å². The highest BCUT2D eigenvalue weighted by molar-refractivity contribution is 4.84. The van der Waals surface area contributed by atoms with E-state index in [1.165, 1.54) is 25.7 Å². The number of aliphatic hydroxyl groups excluding tert-OH is 1. The molecule has 1 saturated carbocycles. The number of hydrogen-bond donors (Lipinski definition) is 1. The zero-order chi connectivity index (χ0) is 15.5. The molecule has 3 nitrogen and oxygen atoms in total. The van der Waals surface area contributed by atoms with Crippen LogP contribution in [0.25, 0.3) is 0 Å². The average molecular weight is 297 g/mol. The highest BCUT2D eigenvalue weighted by Crippen LogP contribution is 2.39. The van der Waals surface area contributed by atoms with Crippen molar-refractivity contribution in [1.29, 1.82) is 0 Å². The minimum atomic E-state index is -0.342. The number of aliphatic hydroxyl groups is 1. The van der Waals surface area contributed by atoms with Crippen LogP contribution in [-0.4, -0.2) is 48.0 Å². The Morgan fingerprint density at radius 1 is 1.24 bits per heavy atom. The Balaban J connectivity index is 1.72. The summed E-state index contributed by atoms with van der Waals surface area (Å²) in [6, 6.07) is 0.613. The van der Waals surface area contributed by atoms with Crippen LogP contribution >= 0.6 is 0 Å². The molecule has 2 rings (SSSR count). The quantitative estimate of drug-likeness (QED) is 0.843. The highest BCUT2D eigenvalue weighted by Gasteiger charge is 2.33. The van der Waals surface area contributed by atoms with Crippen molar-refractivity contribution in [1.82, 2.24) is 4.90 Å². The summed E-state index contributed by atoms with van der Waals surface area (Å²) in [7, 11) is 0. The van der Waals surface area contributed by atoms with Crippen molar-refractivity contribution >= 4 is 0 Å². The molecule has 0 radical (unpaired) electrons. The fourth-order valence-corrected chi connectivity index (χ4v) is 4.38. The van der Waals surface area contributed by atoms with Crippen LogP contribution in [0.2, 0.25) is 0 Å². The fourth-order valence-electron chi connectivity index (χ4n) is 4.38. The van der Waals surface area contributed by atoms with Crippen LogP contribution in [0.3, 0.4) is 0 Å². The molecule has 0 amide bonds. The van der Waals surface area contributed by atoms with E-state index in [4.69, 9.17) is 4.74 Å². The first kappa shape index (κ1) is 17.2.